The van der Waals surface area contributed by atoms with E-state index in [1.54, 1.807) is 31.3 Å². The average Bonchev–Trinajstić information content (AvgIpc) is 2.47. The first kappa shape index (κ1) is 15.5. The molecule has 2 atom stereocenters. The van der Waals surface area contributed by atoms with E-state index in [-0.39, 0.29) is 11.8 Å². The van der Waals surface area contributed by atoms with Crippen molar-refractivity contribution in [2.24, 2.45) is 5.92 Å². The summed E-state index contributed by atoms with van der Waals surface area (Å²) in [5.41, 5.74) is 1.32. The third-order valence-electron chi connectivity index (χ3n) is 3.93. The summed E-state index contributed by atoms with van der Waals surface area (Å²) in [6.45, 7) is 4.91. The monoisotopic (exact) mass is 290 g/mol. The van der Waals surface area contributed by atoms with Crippen LogP contribution in [0, 0.1) is 5.92 Å². The van der Waals surface area contributed by atoms with Crippen LogP contribution in [0.15, 0.2) is 24.3 Å². The zero-order valence-electron chi connectivity index (χ0n) is 12.7. The highest BCUT2D eigenvalue weighted by Gasteiger charge is 2.21. The van der Waals surface area contributed by atoms with E-state index in [0.29, 0.717) is 18.0 Å². The van der Waals surface area contributed by atoms with Crippen molar-refractivity contribution >= 4 is 17.5 Å². The molecule has 5 heteroatoms. The average molecular weight is 290 g/mol. The SMILES string of the molecule is CNC(=O)c1ccc(NC(=O)C[NH+]2CCC[C@H](C)C2)cc1. The molecule has 1 aromatic rings. The molecular formula is C16H24N3O2+. The van der Waals surface area contributed by atoms with Crippen LogP contribution in [0.1, 0.15) is 30.1 Å². The van der Waals surface area contributed by atoms with Gasteiger partial charge in [-0.15, -0.1) is 0 Å². The van der Waals surface area contributed by atoms with Crippen LogP contribution in [-0.2, 0) is 4.79 Å². The highest BCUT2D eigenvalue weighted by Crippen LogP contribution is 2.09. The van der Waals surface area contributed by atoms with Crippen LogP contribution in [0.5, 0.6) is 0 Å². The molecule has 0 saturated carbocycles. The molecule has 21 heavy (non-hydrogen) atoms. The van der Waals surface area contributed by atoms with Gasteiger partial charge in [0.25, 0.3) is 11.8 Å². The highest BCUT2D eigenvalue weighted by atomic mass is 16.2. The number of anilines is 1. The summed E-state index contributed by atoms with van der Waals surface area (Å²) >= 11 is 0. The summed E-state index contributed by atoms with van der Waals surface area (Å²) in [7, 11) is 1.60. The van der Waals surface area contributed by atoms with Crippen molar-refractivity contribution in [3.8, 4) is 0 Å². The van der Waals surface area contributed by atoms with Gasteiger partial charge in [-0.2, -0.15) is 0 Å². The predicted octanol–water partition coefficient (Wildman–Crippen LogP) is 0.300. The maximum Gasteiger partial charge on any atom is 0.279 e. The molecule has 0 aromatic heterocycles. The summed E-state index contributed by atoms with van der Waals surface area (Å²) in [6, 6.07) is 6.95. The smallest absolute Gasteiger partial charge is 0.279 e. The summed E-state index contributed by atoms with van der Waals surface area (Å²) in [5, 5.41) is 5.47. The molecular weight excluding hydrogens is 266 g/mol. The van der Waals surface area contributed by atoms with E-state index in [1.165, 1.54) is 17.7 Å². The fourth-order valence-corrected chi connectivity index (χ4v) is 2.84. The zero-order valence-corrected chi connectivity index (χ0v) is 12.7. The van der Waals surface area contributed by atoms with Gasteiger partial charge in [-0.25, -0.2) is 0 Å². The van der Waals surface area contributed by atoms with Gasteiger partial charge in [0, 0.05) is 24.2 Å². The standard InChI is InChI=1S/C16H23N3O2/c1-12-4-3-9-19(10-12)11-15(20)18-14-7-5-13(6-8-14)16(21)17-2/h5-8,12H,3-4,9-11H2,1-2H3,(H,17,21)(H,18,20)/p+1/t12-/m0/s1. The second kappa shape index (κ2) is 7.22. The molecule has 2 amide bonds. The molecule has 1 aromatic carbocycles. The van der Waals surface area contributed by atoms with Gasteiger partial charge in [-0.1, -0.05) is 6.92 Å². The van der Waals surface area contributed by atoms with Crippen molar-refractivity contribution in [3.05, 3.63) is 29.8 Å². The summed E-state index contributed by atoms with van der Waals surface area (Å²) in [4.78, 5) is 24.8. The maximum atomic E-state index is 12.1. The van der Waals surface area contributed by atoms with E-state index < -0.39 is 0 Å². The summed E-state index contributed by atoms with van der Waals surface area (Å²) in [5.74, 6) is 0.611. The van der Waals surface area contributed by atoms with Crippen LogP contribution in [0.3, 0.4) is 0 Å². The topological polar surface area (TPSA) is 62.6 Å². The van der Waals surface area contributed by atoms with Gasteiger partial charge in [-0.05, 0) is 37.1 Å². The normalized spacial score (nSPS) is 21.6. The number of hydrogen-bond acceptors (Lipinski definition) is 2. The van der Waals surface area contributed by atoms with Crippen LogP contribution < -0.4 is 15.5 Å². The number of carbonyl (C=O) groups is 2. The van der Waals surface area contributed by atoms with Crippen molar-refractivity contribution in [1.82, 2.24) is 5.32 Å². The van der Waals surface area contributed by atoms with Crippen LogP contribution >= 0.6 is 0 Å². The van der Waals surface area contributed by atoms with Gasteiger partial charge in [-0.3, -0.25) is 9.59 Å². The van der Waals surface area contributed by atoms with E-state index in [4.69, 9.17) is 0 Å². The molecule has 1 fully saturated rings. The number of nitrogens with one attached hydrogen (secondary N) is 3. The Bertz CT molecular complexity index is 499. The molecule has 0 spiro atoms. The molecule has 0 radical (unpaired) electrons. The molecule has 1 unspecified atom stereocenters. The zero-order chi connectivity index (χ0) is 15.2. The number of rotatable bonds is 4. The van der Waals surface area contributed by atoms with Crippen molar-refractivity contribution in [1.29, 1.82) is 0 Å². The first-order chi connectivity index (χ1) is 10.1. The van der Waals surface area contributed by atoms with Crippen molar-refractivity contribution in [2.45, 2.75) is 19.8 Å². The minimum absolute atomic E-state index is 0.0341. The second-order valence-electron chi connectivity index (χ2n) is 5.83. The molecule has 114 valence electrons. The largest absolute Gasteiger partial charge is 0.355 e. The van der Waals surface area contributed by atoms with E-state index in [0.717, 1.165) is 18.8 Å². The maximum absolute atomic E-state index is 12.1. The number of carbonyl (C=O) groups excluding carboxylic acids is 2. The molecule has 5 nitrogen and oxygen atoms in total. The van der Waals surface area contributed by atoms with Gasteiger partial charge in [0.05, 0.1) is 13.1 Å². The Labute approximate surface area is 125 Å². The third kappa shape index (κ3) is 4.56. The highest BCUT2D eigenvalue weighted by molar-refractivity contribution is 5.95. The van der Waals surface area contributed by atoms with E-state index >= 15 is 0 Å². The minimum Gasteiger partial charge on any atom is -0.355 e. The van der Waals surface area contributed by atoms with E-state index in [1.807, 2.05) is 0 Å². The van der Waals surface area contributed by atoms with Crippen LogP contribution in [0.2, 0.25) is 0 Å². The Morgan fingerprint density at radius 2 is 2.00 bits per heavy atom. The third-order valence-corrected chi connectivity index (χ3v) is 3.93. The number of likely N-dealkylation sites (tertiary alicyclic amines) is 1. The Balaban J connectivity index is 1.86. The van der Waals surface area contributed by atoms with Crippen molar-refractivity contribution in [3.63, 3.8) is 0 Å². The summed E-state index contributed by atoms with van der Waals surface area (Å²) < 4.78 is 0. The van der Waals surface area contributed by atoms with Crippen molar-refractivity contribution < 1.29 is 14.5 Å². The van der Waals surface area contributed by atoms with Gasteiger partial charge in [0.2, 0.25) is 0 Å². The summed E-state index contributed by atoms with van der Waals surface area (Å²) in [6.07, 6.45) is 2.47. The number of piperidine rings is 1. The first-order valence-electron chi connectivity index (χ1n) is 7.54. The Hall–Kier alpha value is -1.88. The number of quaternary nitrogens is 1. The molecule has 0 bridgehead atoms. The van der Waals surface area contributed by atoms with Crippen LogP contribution in [0.4, 0.5) is 5.69 Å². The van der Waals surface area contributed by atoms with Gasteiger partial charge < -0.3 is 15.5 Å². The number of benzene rings is 1. The lowest BCUT2D eigenvalue weighted by atomic mass is 10.0. The Kier molecular flexibility index (Phi) is 5.33. The fourth-order valence-electron chi connectivity index (χ4n) is 2.84. The quantitative estimate of drug-likeness (QED) is 0.747. The van der Waals surface area contributed by atoms with Crippen LogP contribution in [-0.4, -0.2) is 38.5 Å². The lowest BCUT2D eigenvalue weighted by Crippen LogP contribution is -3.14. The fraction of sp³-hybridized carbons (Fsp3) is 0.500. The molecule has 1 aliphatic heterocycles. The number of amides is 2. The van der Waals surface area contributed by atoms with Crippen molar-refractivity contribution in [2.75, 3.05) is 32.0 Å². The molecule has 1 heterocycles. The lowest BCUT2D eigenvalue weighted by molar-refractivity contribution is -0.900. The number of hydrogen-bond donors (Lipinski definition) is 3. The molecule has 1 saturated heterocycles. The molecule has 1 aliphatic rings. The molecule has 0 aliphatic carbocycles. The second-order valence-corrected chi connectivity index (χ2v) is 5.83. The Morgan fingerprint density at radius 1 is 1.29 bits per heavy atom. The molecule has 3 N–H and O–H groups in total. The Morgan fingerprint density at radius 3 is 2.62 bits per heavy atom. The lowest BCUT2D eigenvalue weighted by Gasteiger charge is -2.27. The predicted molar refractivity (Wildman–Crippen MR) is 82.4 cm³/mol. The van der Waals surface area contributed by atoms with Crippen LogP contribution in [0.25, 0.3) is 0 Å². The minimum atomic E-state index is -0.125. The molecule has 2 rings (SSSR count). The van der Waals surface area contributed by atoms with Gasteiger partial charge >= 0.3 is 0 Å². The first-order valence-corrected chi connectivity index (χ1v) is 7.54. The van der Waals surface area contributed by atoms with E-state index in [9.17, 15) is 9.59 Å². The van der Waals surface area contributed by atoms with Gasteiger partial charge in [0.15, 0.2) is 6.54 Å². The van der Waals surface area contributed by atoms with Gasteiger partial charge in [0.1, 0.15) is 0 Å². The van der Waals surface area contributed by atoms with E-state index in [2.05, 4.69) is 17.6 Å².